The van der Waals surface area contributed by atoms with Crippen molar-refractivity contribution in [1.82, 2.24) is 0 Å². The van der Waals surface area contributed by atoms with Gasteiger partial charge in [0.25, 0.3) is 0 Å². The summed E-state index contributed by atoms with van der Waals surface area (Å²) in [6.07, 6.45) is 2.44. The third-order valence-corrected chi connectivity index (χ3v) is 18.7. The number of hydrogen-bond donors (Lipinski definition) is 1. The van der Waals surface area contributed by atoms with E-state index in [1.54, 1.807) is 21.0 Å². The molecule has 3 saturated heterocycles. The Morgan fingerprint density at radius 1 is 0.754 bits per heavy atom. The predicted octanol–water partition coefficient (Wildman–Crippen LogP) is 6.84. The van der Waals surface area contributed by atoms with Gasteiger partial charge in [-0.3, -0.25) is 4.79 Å². The second-order valence-electron chi connectivity index (χ2n) is 23.3. The summed E-state index contributed by atoms with van der Waals surface area (Å²) in [6, 6.07) is 0. The van der Waals surface area contributed by atoms with Crippen molar-refractivity contribution >= 4 is 11.9 Å². The highest BCUT2D eigenvalue weighted by Crippen LogP contribution is 2.76. The van der Waals surface area contributed by atoms with Crippen LogP contribution in [0.3, 0.4) is 0 Å². The van der Waals surface area contributed by atoms with Gasteiger partial charge in [0.2, 0.25) is 0 Å². The number of ether oxygens (including phenoxy) is 12. The summed E-state index contributed by atoms with van der Waals surface area (Å²) in [7, 11) is 5.85. The molecule has 5 aliphatic carbocycles. The molecule has 65 heavy (non-hydrogen) atoms. The van der Waals surface area contributed by atoms with E-state index in [4.69, 9.17) is 56.8 Å². The van der Waals surface area contributed by atoms with E-state index in [1.165, 1.54) is 26.9 Å². The minimum Gasteiger partial charge on any atom is -0.469 e. The van der Waals surface area contributed by atoms with Gasteiger partial charge < -0.3 is 61.9 Å². The zero-order valence-corrected chi connectivity index (χ0v) is 41.4. The number of esters is 2. The second-order valence-corrected chi connectivity index (χ2v) is 23.3. The van der Waals surface area contributed by atoms with E-state index < -0.39 is 72.5 Å². The molecule has 3 aliphatic heterocycles. The minimum atomic E-state index is -1.31. The molecule has 7 fully saturated rings. The highest BCUT2D eigenvalue weighted by Gasteiger charge is 2.70. The van der Waals surface area contributed by atoms with Crippen LogP contribution in [0, 0.1) is 50.2 Å². The summed E-state index contributed by atoms with van der Waals surface area (Å²) in [5.41, 5.74) is 0.886. The maximum atomic E-state index is 13.8. The van der Waals surface area contributed by atoms with E-state index in [1.807, 2.05) is 0 Å². The van der Waals surface area contributed by atoms with E-state index in [0.717, 1.165) is 64.2 Å². The number of aliphatic hydroxyl groups excluding tert-OH is 1. The van der Waals surface area contributed by atoms with Crippen molar-refractivity contribution in [2.24, 2.45) is 50.2 Å². The van der Waals surface area contributed by atoms with E-state index in [9.17, 15) is 14.7 Å². The van der Waals surface area contributed by atoms with Crippen LogP contribution in [0.15, 0.2) is 11.6 Å². The largest absolute Gasteiger partial charge is 0.469 e. The van der Waals surface area contributed by atoms with E-state index in [-0.39, 0.29) is 65.3 Å². The number of carbonyl (C=O) groups excluding carboxylic acids is 2. The summed E-state index contributed by atoms with van der Waals surface area (Å²) in [5.74, 6) is -0.724. The average Bonchev–Trinajstić information content (AvgIpc) is 3.58. The van der Waals surface area contributed by atoms with Gasteiger partial charge in [-0.05, 0) is 123 Å². The van der Waals surface area contributed by atoms with Crippen LogP contribution in [0.2, 0.25) is 0 Å². The monoisotopic (exact) mass is 921 g/mol. The smallest absolute Gasteiger partial charge is 0.337 e. The third-order valence-electron chi connectivity index (χ3n) is 18.7. The number of allylic oxidation sites excluding steroid dienone is 2. The molecular weight excluding hydrogens is 841 g/mol. The molecule has 0 aromatic carbocycles. The van der Waals surface area contributed by atoms with Gasteiger partial charge in [-0.1, -0.05) is 60.1 Å². The Labute approximate surface area is 386 Å². The number of hydrogen-bond acceptors (Lipinski definition) is 15. The number of methoxy groups -OCH3 is 4. The molecule has 15 nitrogen and oxygen atoms in total. The highest BCUT2D eigenvalue weighted by molar-refractivity contribution is 5.78. The van der Waals surface area contributed by atoms with Crippen LogP contribution in [0.4, 0.5) is 0 Å². The number of fused-ring (bicyclic) bond motifs is 8. The fourth-order valence-electron chi connectivity index (χ4n) is 15.2. The van der Waals surface area contributed by atoms with Crippen LogP contribution >= 0.6 is 0 Å². The topological polar surface area (TPSA) is 165 Å². The van der Waals surface area contributed by atoms with Gasteiger partial charge in [-0.15, -0.1) is 0 Å². The molecule has 8 aliphatic rings. The molecule has 8 rings (SSSR count). The maximum absolute atomic E-state index is 13.8. The van der Waals surface area contributed by atoms with Gasteiger partial charge >= 0.3 is 11.9 Å². The number of aliphatic hydroxyl groups is 1. The van der Waals surface area contributed by atoms with Crippen molar-refractivity contribution in [2.75, 3.05) is 48.6 Å². The highest BCUT2D eigenvalue weighted by atomic mass is 16.8. The van der Waals surface area contributed by atoms with Crippen molar-refractivity contribution in [3.63, 3.8) is 0 Å². The molecule has 0 radical (unpaired) electrons. The van der Waals surface area contributed by atoms with Gasteiger partial charge in [-0.2, -0.15) is 0 Å². The molecule has 4 saturated carbocycles. The molecule has 370 valence electrons. The Balaban J connectivity index is 1.08. The Morgan fingerprint density at radius 2 is 1.45 bits per heavy atom. The Hall–Kier alpha value is -1.76. The van der Waals surface area contributed by atoms with Crippen molar-refractivity contribution in [2.45, 2.75) is 194 Å². The molecule has 15 heteroatoms. The maximum Gasteiger partial charge on any atom is 0.337 e. The lowest BCUT2D eigenvalue weighted by Gasteiger charge is -2.71. The van der Waals surface area contributed by atoms with Gasteiger partial charge in [0.05, 0.1) is 32.3 Å². The average molecular weight is 921 g/mol. The van der Waals surface area contributed by atoms with Gasteiger partial charge in [0.15, 0.2) is 24.5 Å². The van der Waals surface area contributed by atoms with Crippen LogP contribution in [0.5, 0.6) is 0 Å². The SMILES string of the molecule is COCO[C@H]1[C@H](O[C@H]2CC[C@@]3(C)C(CC[C@]4(C)[C@@H]3CC=C3[C@@H]5CC(C)(C)CC[C@]5(C(=O)OC)CC[C@]34C)C2(C)C)O[C@H](C(=O)OC)[C@@H](OCOC)[C@@H]1O[C@@H]1OC[C@@H]2OC(C)(C)O[C@@H]2[C@@H]1O. The molecular formula is C50H80O15. The first kappa shape index (κ1) is 49.7. The fourth-order valence-corrected chi connectivity index (χ4v) is 15.2. The van der Waals surface area contributed by atoms with Gasteiger partial charge in [0, 0.05) is 14.2 Å². The van der Waals surface area contributed by atoms with E-state index in [0.29, 0.717) is 11.8 Å². The first-order chi connectivity index (χ1) is 30.6. The first-order valence-electron chi connectivity index (χ1n) is 24.3. The van der Waals surface area contributed by atoms with Crippen LogP contribution in [0.25, 0.3) is 0 Å². The molecule has 17 atom stereocenters. The lowest BCUT2D eigenvalue weighted by molar-refractivity contribution is -0.371. The molecule has 3 heterocycles. The zero-order chi connectivity index (χ0) is 47.1. The summed E-state index contributed by atoms with van der Waals surface area (Å²) in [4.78, 5) is 27.4. The molecule has 0 amide bonds. The van der Waals surface area contributed by atoms with Crippen molar-refractivity contribution in [1.29, 1.82) is 0 Å². The number of rotatable bonds is 12. The molecule has 0 aromatic rings. The van der Waals surface area contributed by atoms with Crippen molar-refractivity contribution in [3.05, 3.63) is 11.6 Å². The predicted molar refractivity (Wildman–Crippen MR) is 235 cm³/mol. The standard InChI is InChI=1S/C50H80O15/c1-44(2)20-22-50(43(53)57-13)23-21-48(8)28(29(50)24-44)14-15-32-47(7)18-17-33(45(3,4)31(47)16-19-49(32,48)9)61-42-39(60-27-55-11)37(36(59-26-54-10)38(63-42)40(52)56-12)62-41-34(51)35-30(25-58-41)64-46(5,6)65-35/h14,29-39,41-42,51H,15-27H2,1-13H3/t29-,30-,31?,32+,33-,34-,35-,36-,37-,38-,39+,41-,42+,47-,48+,49+,50-/m0/s1. The lowest BCUT2D eigenvalue weighted by atomic mass is 9.33. The van der Waals surface area contributed by atoms with E-state index in [2.05, 4.69) is 54.5 Å². The fraction of sp³-hybridized carbons (Fsp3) is 0.920. The quantitative estimate of drug-likeness (QED) is 0.0935. The van der Waals surface area contributed by atoms with Crippen LogP contribution in [-0.4, -0.2) is 133 Å². The van der Waals surface area contributed by atoms with Crippen LogP contribution < -0.4 is 0 Å². The minimum absolute atomic E-state index is 0.00428. The Kier molecular flexibility index (Phi) is 13.7. The van der Waals surface area contributed by atoms with Crippen molar-refractivity contribution in [3.8, 4) is 0 Å². The normalized spacial score (nSPS) is 47.2. The van der Waals surface area contributed by atoms with Crippen LogP contribution in [-0.2, 0) is 66.4 Å². The lowest BCUT2D eigenvalue weighted by Crippen LogP contribution is -2.67. The number of carbonyl (C=O) groups is 2. The second kappa shape index (κ2) is 17.9. The van der Waals surface area contributed by atoms with Crippen molar-refractivity contribution < 1.29 is 71.5 Å². The molecule has 1 unspecified atom stereocenters. The summed E-state index contributed by atoms with van der Waals surface area (Å²) >= 11 is 0. The molecule has 0 bridgehead atoms. The van der Waals surface area contributed by atoms with Gasteiger partial charge in [-0.25, -0.2) is 4.79 Å². The summed E-state index contributed by atoms with van der Waals surface area (Å²) < 4.78 is 72.8. The summed E-state index contributed by atoms with van der Waals surface area (Å²) in [6.45, 7) is 20.3. The zero-order valence-electron chi connectivity index (χ0n) is 41.4. The first-order valence-corrected chi connectivity index (χ1v) is 24.3. The van der Waals surface area contributed by atoms with E-state index >= 15 is 0 Å². The Bertz CT molecular complexity index is 1780. The molecule has 1 N–H and O–H groups in total. The molecule has 0 aromatic heterocycles. The third kappa shape index (κ3) is 8.17. The molecule has 0 spiro atoms. The van der Waals surface area contributed by atoms with Crippen LogP contribution in [0.1, 0.15) is 127 Å². The van der Waals surface area contributed by atoms with Gasteiger partial charge in [0.1, 0.15) is 50.2 Å². The Morgan fingerprint density at radius 3 is 2.12 bits per heavy atom. The summed E-state index contributed by atoms with van der Waals surface area (Å²) in [5, 5.41) is 11.6.